The van der Waals surface area contributed by atoms with Gasteiger partial charge in [0.25, 0.3) is 0 Å². The van der Waals surface area contributed by atoms with E-state index in [1.807, 2.05) is 6.07 Å². The predicted octanol–water partition coefficient (Wildman–Crippen LogP) is 3.02. The van der Waals surface area contributed by atoms with E-state index in [0.717, 1.165) is 8.81 Å². The Hall–Kier alpha value is -1.45. The Morgan fingerprint density at radius 3 is 3.05 bits per heavy atom. The van der Waals surface area contributed by atoms with Crippen molar-refractivity contribution < 1.29 is 4.79 Å². The van der Waals surface area contributed by atoms with Crippen LogP contribution in [0.2, 0.25) is 0 Å². The van der Waals surface area contributed by atoms with E-state index >= 15 is 0 Å². The van der Waals surface area contributed by atoms with Crippen LogP contribution in [-0.4, -0.2) is 33.4 Å². The lowest BCUT2D eigenvalue weighted by Crippen LogP contribution is -2.14. The molecule has 110 valence electrons. The van der Waals surface area contributed by atoms with Crippen molar-refractivity contribution >= 4 is 55.9 Å². The lowest BCUT2D eigenvalue weighted by Gasteiger charge is -2.02. The van der Waals surface area contributed by atoms with Gasteiger partial charge in [-0.15, -0.1) is 16.8 Å². The lowest BCUT2D eigenvalue weighted by atomic mass is 10.4. The van der Waals surface area contributed by atoms with Gasteiger partial charge >= 0.3 is 0 Å². The molecular formula is C12H12BrN5OS2. The first-order chi connectivity index (χ1) is 10.2. The molecule has 2 aromatic rings. The number of hydrogen-bond acceptors (Lipinski definition) is 7. The van der Waals surface area contributed by atoms with Crippen LogP contribution in [0.25, 0.3) is 0 Å². The maximum absolute atomic E-state index is 11.8. The fourth-order valence-electron chi connectivity index (χ4n) is 1.25. The molecule has 0 unspecified atom stereocenters. The number of rotatable bonds is 7. The van der Waals surface area contributed by atoms with Gasteiger partial charge in [-0.3, -0.25) is 4.79 Å². The molecule has 0 spiro atoms. The van der Waals surface area contributed by atoms with Gasteiger partial charge < -0.3 is 10.6 Å². The third-order valence-electron chi connectivity index (χ3n) is 2.13. The van der Waals surface area contributed by atoms with Crippen LogP contribution in [0.15, 0.2) is 39.8 Å². The fourth-order valence-corrected chi connectivity index (χ4v) is 3.05. The van der Waals surface area contributed by atoms with Crippen molar-refractivity contribution in [3.05, 3.63) is 35.5 Å². The summed E-state index contributed by atoms with van der Waals surface area (Å²) in [5.41, 5.74) is 0. The van der Waals surface area contributed by atoms with E-state index in [0.29, 0.717) is 17.5 Å². The number of carbonyl (C=O) groups excluding carboxylic acids is 1. The van der Waals surface area contributed by atoms with Gasteiger partial charge in [0, 0.05) is 17.2 Å². The van der Waals surface area contributed by atoms with Crippen LogP contribution in [-0.2, 0) is 4.79 Å². The van der Waals surface area contributed by atoms with Gasteiger partial charge in [-0.1, -0.05) is 29.2 Å². The van der Waals surface area contributed by atoms with Gasteiger partial charge in [0.05, 0.1) is 5.75 Å². The molecule has 1 amide bonds. The topological polar surface area (TPSA) is 79.8 Å². The highest BCUT2D eigenvalue weighted by Gasteiger charge is 2.08. The number of pyridine rings is 1. The van der Waals surface area contributed by atoms with Crippen LogP contribution in [0.3, 0.4) is 0 Å². The number of nitrogens with zero attached hydrogens (tertiary/aromatic N) is 3. The molecule has 6 nitrogen and oxygen atoms in total. The average molecular weight is 386 g/mol. The Kier molecular flexibility index (Phi) is 6.15. The quantitative estimate of drug-likeness (QED) is 0.563. The van der Waals surface area contributed by atoms with E-state index in [1.54, 1.807) is 18.3 Å². The maximum Gasteiger partial charge on any atom is 0.235 e. The first kappa shape index (κ1) is 15.9. The number of carbonyl (C=O) groups is 1. The lowest BCUT2D eigenvalue weighted by molar-refractivity contribution is -0.113. The third-order valence-corrected chi connectivity index (χ3v) is 4.61. The monoisotopic (exact) mass is 385 g/mol. The zero-order valence-corrected chi connectivity index (χ0v) is 14.1. The largest absolute Gasteiger partial charge is 0.357 e. The van der Waals surface area contributed by atoms with Gasteiger partial charge in [0.2, 0.25) is 11.0 Å². The van der Waals surface area contributed by atoms with Crippen molar-refractivity contribution in [3.63, 3.8) is 0 Å². The SMILES string of the molecule is C=CCNc1nnc(SCC(=O)Nc2ccc(Br)cn2)s1. The van der Waals surface area contributed by atoms with E-state index in [4.69, 9.17) is 0 Å². The highest BCUT2D eigenvalue weighted by Crippen LogP contribution is 2.25. The second-order valence-corrected chi connectivity index (χ2v) is 6.86. The third kappa shape index (κ3) is 5.44. The van der Waals surface area contributed by atoms with E-state index < -0.39 is 0 Å². The van der Waals surface area contributed by atoms with E-state index in [-0.39, 0.29) is 11.7 Å². The first-order valence-electron chi connectivity index (χ1n) is 5.90. The van der Waals surface area contributed by atoms with Gasteiger partial charge in [0.15, 0.2) is 4.34 Å². The second kappa shape index (κ2) is 8.11. The molecule has 0 saturated carbocycles. The zero-order valence-electron chi connectivity index (χ0n) is 10.9. The van der Waals surface area contributed by atoms with Crippen molar-refractivity contribution in [1.82, 2.24) is 15.2 Å². The standard InChI is InChI=1S/C12H12BrN5OS2/c1-2-5-14-11-17-18-12(21-11)20-7-10(19)16-9-4-3-8(13)6-15-9/h2-4,6H,1,5,7H2,(H,14,17)(H,15,16,19). The molecule has 0 bridgehead atoms. The van der Waals surface area contributed by atoms with Crippen molar-refractivity contribution in [3.8, 4) is 0 Å². The molecule has 2 heterocycles. The highest BCUT2D eigenvalue weighted by atomic mass is 79.9. The maximum atomic E-state index is 11.8. The Labute approximate surface area is 138 Å². The van der Waals surface area contributed by atoms with Gasteiger partial charge in [-0.25, -0.2) is 4.98 Å². The molecule has 9 heteroatoms. The summed E-state index contributed by atoms with van der Waals surface area (Å²) in [6.45, 7) is 4.25. The number of anilines is 2. The molecule has 0 aliphatic carbocycles. The molecule has 0 atom stereocenters. The minimum atomic E-state index is -0.134. The molecule has 21 heavy (non-hydrogen) atoms. The number of thioether (sulfide) groups is 1. The van der Waals surface area contributed by atoms with Gasteiger partial charge in [0.1, 0.15) is 5.82 Å². The molecule has 2 N–H and O–H groups in total. The molecule has 0 radical (unpaired) electrons. The van der Waals surface area contributed by atoms with Crippen LogP contribution in [0.1, 0.15) is 0 Å². The highest BCUT2D eigenvalue weighted by molar-refractivity contribution is 9.10. The van der Waals surface area contributed by atoms with Crippen LogP contribution in [0.4, 0.5) is 10.9 Å². The molecule has 2 aromatic heterocycles. The van der Waals surface area contributed by atoms with E-state index in [1.165, 1.54) is 23.1 Å². The number of halogens is 1. The average Bonchev–Trinajstić information content (AvgIpc) is 2.93. The van der Waals surface area contributed by atoms with Crippen LogP contribution in [0.5, 0.6) is 0 Å². The van der Waals surface area contributed by atoms with Crippen LogP contribution >= 0.6 is 39.0 Å². The number of amides is 1. The summed E-state index contributed by atoms with van der Waals surface area (Å²) in [5.74, 6) is 0.647. The molecule has 0 fully saturated rings. The molecule has 2 rings (SSSR count). The van der Waals surface area contributed by atoms with Crippen molar-refractivity contribution in [2.75, 3.05) is 22.9 Å². The van der Waals surface area contributed by atoms with Crippen LogP contribution < -0.4 is 10.6 Å². The summed E-state index contributed by atoms with van der Waals surface area (Å²) in [6.07, 6.45) is 3.37. The number of aromatic nitrogens is 3. The summed E-state index contributed by atoms with van der Waals surface area (Å²) >= 11 is 6.03. The normalized spacial score (nSPS) is 10.1. The molecule has 0 aliphatic rings. The Morgan fingerprint density at radius 2 is 2.33 bits per heavy atom. The van der Waals surface area contributed by atoms with Crippen LogP contribution in [0, 0.1) is 0 Å². The summed E-state index contributed by atoms with van der Waals surface area (Å²) in [7, 11) is 0. The smallest absolute Gasteiger partial charge is 0.235 e. The summed E-state index contributed by atoms with van der Waals surface area (Å²) < 4.78 is 1.60. The van der Waals surface area contributed by atoms with Gasteiger partial charge in [-0.2, -0.15) is 0 Å². The van der Waals surface area contributed by atoms with E-state index in [9.17, 15) is 4.79 Å². The van der Waals surface area contributed by atoms with Crippen molar-refractivity contribution in [1.29, 1.82) is 0 Å². The minimum Gasteiger partial charge on any atom is -0.357 e. The summed E-state index contributed by atoms with van der Waals surface area (Å²) in [4.78, 5) is 15.9. The van der Waals surface area contributed by atoms with Crippen molar-refractivity contribution in [2.45, 2.75) is 4.34 Å². The Balaban J connectivity index is 1.79. The Morgan fingerprint density at radius 1 is 1.48 bits per heavy atom. The number of hydrogen-bond donors (Lipinski definition) is 2. The Bertz CT molecular complexity index is 616. The summed E-state index contributed by atoms with van der Waals surface area (Å²) in [6, 6.07) is 3.55. The van der Waals surface area contributed by atoms with E-state index in [2.05, 4.69) is 48.3 Å². The number of nitrogens with one attached hydrogen (secondary N) is 2. The van der Waals surface area contributed by atoms with Gasteiger partial charge in [-0.05, 0) is 28.1 Å². The predicted molar refractivity (Wildman–Crippen MR) is 89.9 cm³/mol. The first-order valence-corrected chi connectivity index (χ1v) is 8.49. The second-order valence-electron chi connectivity index (χ2n) is 3.74. The van der Waals surface area contributed by atoms with Crippen molar-refractivity contribution in [2.24, 2.45) is 0 Å². The summed E-state index contributed by atoms with van der Waals surface area (Å²) in [5, 5.41) is 14.4. The minimum absolute atomic E-state index is 0.134. The molecule has 0 saturated heterocycles. The molecule has 0 aliphatic heterocycles. The zero-order chi connectivity index (χ0) is 15.1. The molecule has 0 aromatic carbocycles. The fraction of sp³-hybridized carbons (Fsp3) is 0.167. The molecular weight excluding hydrogens is 374 g/mol.